The molecular weight excluding hydrogens is 262 g/mol. The third-order valence-electron chi connectivity index (χ3n) is 4.82. The quantitative estimate of drug-likeness (QED) is 0.367. The molecule has 0 heterocycles. The van der Waals surface area contributed by atoms with E-state index in [4.69, 9.17) is 0 Å². The monoisotopic (exact) mass is 301 g/mol. The highest BCUT2D eigenvalue weighted by Crippen LogP contribution is 2.33. The minimum atomic E-state index is -0.599. The first-order valence-electron chi connectivity index (χ1n) is 8.86. The Morgan fingerprint density at radius 1 is 0.762 bits per heavy atom. The Morgan fingerprint density at radius 2 is 1.14 bits per heavy atom. The van der Waals surface area contributed by atoms with E-state index in [1.807, 2.05) is 13.8 Å². The van der Waals surface area contributed by atoms with Crippen LogP contribution in [0, 0.1) is 5.41 Å². The van der Waals surface area contributed by atoms with E-state index in [0.717, 1.165) is 25.7 Å². The molecule has 128 valence electrons. The molecule has 0 fully saturated rings. The Balaban J connectivity index is 0. The predicted molar refractivity (Wildman–Crippen MR) is 92.1 cm³/mol. The fourth-order valence-corrected chi connectivity index (χ4v) is 2.96. The largest absolute Gasteiger partial charge is 0.481 e. The summed E-state index contributed by atoms with van der Waals surface area (Å²) in [6.45, 7) is 6.27. The van der Waals surface area contributed by atoms with E-state index in [-0.39, 0.29) is 6.15 Å². The van der Waals surface area contributed by atoms with Crippen molar-refractivity contribution in [3.8, 4) is 0 Å². The Kier molecular flexibility index (Phi) is 15.5. The number of carboxylic acid groups (broad SMARTS) is 1. The number of rotatable bonds is 14. The van der Waals surface area contributed by atoms with Crippen LogP contribution in [0.25, 0.3) is 0 Å². The van der Waals surface area contributed by atoms with Crippen molar-refractivity contribution in [1.82, 2.24) is 6.15 Å². The first kappa shape index (κ1) is 22.7. The lowest BCUT2D eigenvalue weighted by Gasteiger charge is -2.26. The molecule has 0 amide bonds. The van der Waals surface area contributed by atoms with Gasteiger partial charge in [-0.25, -0.2) is 0 Å². The zero-order valence-corrected chi connectivity index (χ0v) is 14.8. The lowest BCUT2D eigenvalue weighted by molar-refractivity contribution is -0.150. The molecule has 3 heteroatoms. The maximum atomic E-state index is 11.4. The molecule has 0 saturated carbocycles. The van der Waals surface area contributed by atoms with Gasteiger partial charge < -0.3 is 11.3 Å². The fourth-order valence-electron chi connectivity index (χ4n) is 2.96. The number of unbranched alkanes of at least 4 members (excludes halogenated alkanes) is 9. The second-order valence-electron chi connectivity index (χ2n) is 6.22. The fraction of sp³-hybridized carbons (Fsp3) is 0.944. The summed E-state index contributed by atoms with van der Waals surface area (Å²) in [5.41, 5.74) is -0.458. The zero-order valence-electron chi connectivity index (χ0n) is 14.8. The normalized spacial score (nSPS) is 11.2. The van der Waals surface area contributed by atoms with E-state index in [1.165, 1.54) is 57.8 Å². The summed E-state index contributed by atoms with van der Waals surface area (Å²) in [5, 5.41) is 9.37. The van der Waals surface area contributed by atoms with Crippen LogP contribution in [0.4, 0.5) is 0 Å². The maximum Gasteiger partial charge on any atom is 0.309 e. The van der Waals surface area contributed by atoms with Crippen LogP contribution in [0.15, 0.2) is 0 Å². The van der Waals surface area contributed by atoms with Gasteiger partial charge in [-0.1, -0.05) is 85.0 Å². The molecule has 4 N–H and O–H groups in total. The van der Waals surface area contributed by atoms with Gasteiger partial charge in [-0.3, -0.25) is 4.79 Å². The van der Waals surface area contributed by atoms with Crippen molar-refractivity contribution in [1.29, 1.82) is 0 Å². The van der Waals surface area contributed by atoms with Crippen molar-refractivity contribution in [3.63, 3.8) is 0 Å². The molecule has 3 nitrogen and oxygen atoms in total. The summed E-state index contributed by atoms with van der Waals surface area (Å²) in [7, 11) is 0. The van der Waals surface area contributed by atoms with Crippen molar-refractivity contribution in [2.45, 2.75) is 104 Å². The number of hydrogen-bond donors (Lipinski definition) is 2. The minimum absolute atomic E-state index is 0. The summed E-state index contributed by atoms with van der Waals surface area (Å²) in [4.78, 5) is 11.4. The molecule has 0 spiro atoms. The molecule has 0 atom stereocenters. The molecule has 0 bridgehead atoms. The van der Waals surface area contributed by atoms with Gasteiger partial charge in [0.25, 0.3) is 0 Å². The second-order valence-corrected chi connectivity index (χ2v) is 6.22. The van der Waals surface area contributed by atoms with Crippen molar-refractivity contribution in [3.05, 3.63) is 0 Å². The van der Waals surface area contributed by atoms with Gasteiger partial charge in [0.1, 0.15) is 0 Å². The van der Waals surface area contributed by atoms with Gasteiger partial charge in [-0.15, -0.1) is 0 Å². The molecule has 21 heavy (non-hydrogen) atoms. The number of carbonyl (C=O) groups is 1. The van der Waals surface area contributed by atoms with Crippen LogP contribution in [0.3, 0.4) is 0 Å². The van der Waals surface area contributed by atoms with Crippen LogP contribution >= 0.6 is 0 Å². The van der Waals surface area contributed by atoms with E-state index in [9.17, 15) is 9.90 Å². The van der Waals surface area contributed by atoms with E-state index in [0.29, 0.717) is 0 Å². The van der Waals surface area contributed by atoms with Crippen LogP contribution < -0.4 is 6.15 Å². The minimum Gasteiger partial charge on any atom is -0.481 e. The summed E-state index contributed by atoms with van der Waals surface area (Å²) in [6.07, 6.45) is 15.5. The van der Waals surface area contributed by atoms with Gasteiger partial charge in [0.2, 0.25) is 0 Å². The Hall–Kier alpha value is -0.570. The van der Waals surface area contributed by atoms with Gasteiger partial charge in [-0.05, 0) is 19.3 Å². The van der Waals surface area contributed by atoms with Gasteiger partial charge in [0.15, 0.2) is 0 Å². The summed E-state index contributed by atoms with van der Waals surface area (Å²) in [5.74, 6) is -0.599. The molecule has 0 aliphatic heterocycles. The van der Waals surface area contributed by atoms with Gasteiger partial charge in [0.05, 0.1) is 5.41 Å². The highest BCUT2D eigenvalue weighted by atomic mass is 16.4. The molecule has 0 rings (SSSR count). The average Bonchev–Trinajstić information content (AvgIpc) is 2.45. The summed E-state index contributed by atoms with van der Waals surface area (Å²) >= 11 is 0. The second kappa shape index (κ2) is 14.4. The van der Waals surface area contributed by atoms with Crippen molar-refractivity contribution in [2.75, 3.05) is 0 Å². The topological polar surface area (TPSA) is 72.3 Å². The average molecular weight is 302 g/mol. The third kappa shape index (κ3) is 9.89. The van der Waals surface area contributed by atoms with Crippen LogP contribution in [0.5, 0.6) is 0 Å². The summed E-state index contributed by atoms with van der Waals surface area (Å²) < 4.78 is 0. The molecule has 0 aliphatic carbocycles. The van der Waals surface area contributed by atoms with E-state index < -0.39 is 11.4 Å². The first-order valence-corrected chi connectivity index (χ1v) is 8.86. The SMILES string of the molecule is CCCCCCCCCCCCC(CC)(CC)C(=O)O.N. The maximum absolute atomic E-state index is 11.4. The Bertz CT molecular complexity index is 237. The predicted octanol–water partition coefficient (Wildman–Crippen LogP) is 6.35. The highest BCUT2D eigenvalue weighted by Gasteiger charge is 2.33. The molecule has 0 aromatic carbocycles. The van der Waals surface area contributed by atoms with Crippen LogP contribution in [-0.2, 0) is 4.79 Å². The van der Waals surface area contributed by atoms with Crippen LogP contribution in [-0.4, -0.2) is 11.1 Å². The molecular formula is C18H39NO2. The lowest BCUT2D eigenvalue weighted by atomic mass is 9.78. The van der Waals surface area contributed by atoms with Gasteiger partial charge in [0, 0.05) is 0 Å². The van der Waals surface area contributed by atoms with Crippen molar-refractivity contribution in [2.24, 2.45) is 5.41 Å². The number of carboxylic acids is 1. The van der Waals surface area contributed by atoms with Crippen molar-refractivity contribution >= 4 is 5.97 Å². The summed E-state index contributed by atoms with van der Waals surface area (Å²) in [6, 6.07) is 0. The van der Waals surface area contributed by atoms with E-state index >= 15 is 0 Å². The lowest BCUT2D eigenvalue weighted by Crippen LogP contribution is -2.29. The standard InChI is InChI=1S/C18H36O2.H3N/c1-4-7-8-9-10-11-12-13-14-15-16-18(5-2,6-3)17(19)20;/h4-16H2,1-3H3,(H,19,20);1H3. The molecule has 0 unspecified atom stereocenters. The van der Waals surface area contributed by atoms with Gasteiger partial charge in [-0.2, -0.15) is 0 Å². The Labute approximate surface area is 132 Å². The van der Waals surface area contributed by atoms with E-state index in [2.05, 4.69) is 6.92 Å². The third-order valence-corrected chi connectivity index (χ3v) is 4.82. The highest BCUT2D eigenvalue weighted by molar-refractivity contribution is 5.74. The molecule has 0 aliphatic rings. The van der Waals surface area contributed by atoms with Gasteiger partial charge >= 0.3 is 5.97 Å². The molecule has 0 radical (unpaired) electrons. The smallest absolute Gasteiger partial charge is 0.309 e. The van der Waals surface area contributed by atoms with Crippen LogP contribution in [0.2, 0.25) is 0 Å². The molecule has 0 aromatic rings. The molecule has 0 aromatic heterocycles. The number of hydrogen-bond acceptors (Lipinski definition) is 2. The molecule has 0 saturated heterocycles. The van der Waals surface area contributed by atoms with Crippen LogP contribution in [0.1, 0.15) is 104 Å². The van der Waals surface area contributed by atoms with Crippen molar-refractivity contribution < 1.29 is 9.90 Å². The number of aliphatic carboxylic acids is 1. The Morgan fingerprint density at radius 3 is 1.48 bits per heavy atom. The zero-order chi connectivity index (χ0) is 15.3. The first-order chi connectivity index (χ1) is 9.63. The van der Waals surface area contributed by atoms with E-state index in [1.54, 1.807) is 0 Å².